The predicted molar refractivity (Wildman–Crippen MR) is 61.1 cm³/mol. The molecule has 1 amide bonds. The van der Waals surface area contributed by atoms with E-state index in [1.54, 1.807) is 21.3 Å². The smallest absolute Gasteiger partial charge is 0.237 e. The standard InChI is InChI=1S/C11H22N2O3/c1-12-11(14)9-6-4-5-7-13(9)8-10(15-2)16-3/h9-10H,4-8H2,1-3H3,(H,12,14). The minimum absolute atomic E-state index is 0.0356. The fourth-order valence-corrected chi connectivity index (χ4v) is 2.11. The second kappa shape index (κ2) is 6.83. The number of amides is 1. The van der Waals surface area contributed by atoms with Gasteiger partial charge in [0, 0.05) is 21.3 Å². The van der Waals surface area contributed by atoms with Crippen LogP contribution in [0.1, 0.15) is 19.3 Å². The van der Waals surface area contributed by atoms with Crippen LogP contribution in [0.15, 0.2) is 0 Å². The van der Waals surface area contributed by atoms with Crippen LogP contribution < -0.4 is 5.32 Å². The van der Waals surface area contributed by atoms with E-state index in [1.807, 2.05) is 0 Å². The van der Waals surface area contributed by atoms with Crippen molar-refractivity contribution in [3.8, 4) is 0 Å². The van der Waals surface area contributed by atoms with E-state index in [0.717, 1.165) is 25.8 Å². The zero-order chi connectivity index (χ0) is 12.0. The maximum atomic E-state index is 11.7. The zero-order valence-electron chi connectivity index (χ0n) is 10.4. The van der Waals surface area contributed by atoms with Crippen molar-refractivity contribution >= 4 is 5.91 Å². The number of piperidine rings is 1. The monoisotopic (exact) mass is 230 g/mol. The molecule has 0 bridgehead atoms. The Balaban J connectivity index is 2.55. The molecule has 16 heavy (non-hydrogen) atoms. The van der Waals surface area contributed by atoms with Crippen molar-refractivity contribution in [2.24, 2.45) is 0 Å². The van der Waals surface area contributed by atoms with Gasteiger partial charge in [0.25, 0.3) is 0 Å². The molecule has 1 fully saturated rings. The van der Waals surface area contributed by atoms with Crippen LogP contribution in [0.4, 0.5) is 0 Å². The van der Waals surface area contributed by atoms with Crippen molar-refractivity contribution in [3.63, 3.8) is 0 Å². The predicted octanol–water partition coefficient (Wildman–Crippen LogP) is 0.206. The number of rotatable bonds is 5. The number of nitrogens with zero attached hydrogens (tertiary/aromatic N) is 1. The summed E-state index contributed by atoms with van der Waals surface area (Å²) in [7, 11) is 4.92. The molecule has 0 aromatic rings. The number of hydrogen-bond donors (Lipinski definition) is 1. The van der Waals surface area contributed by atoms with Gasteiger partial charge in [-0.1, -0.05) is 6.42 Å². The fourth-order valence-electron chi connectivity index (χ4n) is 2.11. The summed E-state index contributed by atoms with van der Waals surface area (Å²) in [5, 5.41) is 2.71. The zero-order valence-corrected chi connectivity index (χ0v) is 10.4. The second-order valence-corrected chi connectivity index (χ2v) is 4.02. The molecular formula is C11H22N2O3. The molecule has 94 valence electrons. The molecule has 1 aliphatic rings. The van der Waals surface area contributed by atoms with Crippen LogP contribution in [-0.4, -0.2) is 57.5 Å². The highest BCUT2D eigenvalue weighted by Crippen LogP contribution is 2.17. The Morgan fingerprint density at radius 2 is 2.12 bits per heavy atom. The van der Waals surface area contributed by atoms with Gasteiger partial charge in [0.1, 0.15) is 0 Å². The van der Waals surface area contributed by atoms with Crippen molar-refractivity contribution in [1.82, 2.24) is 10.2 Å². The molecule has 1 N–H and O–H groups in total. The number of likely N-dealkylation sites (tertiary alicyclic amines) is 1. The minimum atomic E-state index is -0.259. The maximum absolute atomic E-state index is 11.7. The van der Waals surface area contributed by atoms with Crippen LogP contribution in [0.3, 0.4) is 0 Å². The molecule has 5 heteroatoms. The van der Waals surface area contributed by atoms with Crippen LogP contribution in [0.2, 0.25) is 0 Å². The first-order valence-electron chi connectivity index (χ1n) is 5.74. The summed E-state index contributed by atoms with van der Waals surface area (Å²) in [5.41, 5.74) is 0. The highest BCUT2D eigenvalue weighted by Gasteiger charge is 2.29. The second-order valence-electron chi connectivity index (χ2n) is 4.02. The number of methoxy groups -OCH3 is 2. The molecule has 1 aliphatic heterocycles. The van der Waals surface area contributed by atoms with Crippen molar-refractivity contribution in [2.75, 3.05) is 34.4 Å². The van der Waals surface area contributed by atoms with Crippen molar-refractivity contribution in [1.29, 1.82) is 0 Å². The summed E-state index contributed by atoms with van der Waals surface area (Å²) >= 11 is 0. The number of nitrogens with one attached hydrogen (secondary N) is 1. The van der Waals surface area contributed by atoms with Gasteiger partial charge < -0.3 is 14.8 Å². The van der Waals surface area contributed by atoms with Gasteiger partial charge in [-0.15, -0.1) is 0 Å². The molecule has 0 saturated carbocycles. The number of ether oxygens (including phenoxy) is 2. The van der Waals surface area contributed by atoms with E-state index in [0.29, 0.717) is 6.54 Å². The van der Waals surface area contributed by atoms with E-state index < -0.39 is 0 Å². The lowest BCUT2D eigenvalue weighted by atomic mass is 10.0. The highest BCUT2D eigenvalue weighted by molar-refractivity contribution is 5.81. The fraction of sp³-hybridized carbons (Fsp3) is 0.909. The molecule has 0 spiro atoms. The van der Waals surface area contributed by atoms with Gasteiger partial charge in [0.05, 0.1) is 12.6 Å². The van der Waals surface area contributed by atoms with Gasteiger partial charge in [-0.05, 0) is 19.4 Å². The van der Waals surface area contributed by atoms with Gasteiger partial charge >= 0.3 is 0 Å². The molecule has 0 aromatic carbocycles. The molecule has 0 aromatic heterocycles. The topological polar surface area (TPSA) is 50.8 Å². The van der Waals surface area contributed by atoms with Gasteiger partial charge in [-0.2, -0.15) is 0 Å². The Hall–Kier alpha value is -0.650. The Kier molecular flexibility index (Phi) is 5.73. The summed E-state index contributed by atoms with van der Waals surface area (Å²) in [4.78, 5) is 13.8. The van der Waals surface area contributed by atoms with Crippen molar-refractivity contribution in [2.45, 2.75) is 31.6 Å². The van der Waals surface area contributed by atoms with E-state index in [4.69, 9.17) is 9.47 Å². The summed E-state index contributed by atoms with van der Waals surface area (Å²) in [6.45, 7) is 1.58. The highest BCUT2D eigenvalue weighted by atomic mass is 16.7. The van der Waals surface area contributed by atoms with Crippen LogP contribution in [-0.2, 0) is 14.3 Å². The van der Waals surface area contributed by atoms with Gasteiger partial charge in [-0.3, -0.25) is 9.69 Å². The van der Waals surface area contributed by atoms with Gasteiger partial charge in [0.2, 0.25) is 5.91 Å². The number of carbonyl (C=O) groups excluding carboxylic acids is 1. The first-order valence-corrected chi connectivity index (χ1v) is 5.74. The Morgan fingerprint density at radius 3 is 2.69 bits per heavy atom. The SMILES string of the molecule is CNC(=O)C1CCCCN1CC(OC)OC. The Bertz CT molecular complexity index is 219. The number of carbonyl (C=O) groups is 1. The average Bonchev–Trinajstić information content (AvgIpc) is 2.35. The lowest BCUT2D eigenvalue weighted by molar-refractivity contribution is -0.138. The van der Waals surface area contributed by atoms with Crippen LogP contribution in [0.5, 0.6) is 0 Å². The van der Waals surface area contributed by atoms with Crippen molar-refractivity contribution in [3.05, 3.63) is 0 Å². The normalized spacial score (nSPS) is 22.4. The first-order chi connectivity index (χ1) is 7.72. The van der Waals surface area contributed by atoms with E-state index in [9.17, 15) is 4.79 Å². The molecule has 0 aliphatic carbocycles. The van der Waals surface area contributed by atoms with Crippen LogP contribution in [0.25, 0.3) is 0 Å². The largest absolute Gasteiger partial charge is 0.358 e. The molecule has 0 radical (unpaired) electrons. The molecule has 1 heterocycles. The third-order valence-electron chi connectivity index (χ3n) is 3.07. The van der Waals surface area contributed by atoms with E-state index in [2.05, 4.69) is 10.2 Å². The van der Waals surface area contributed by atoms with Crippen LogP contribution in [0, 0.1) is 0 Å². The summed E-state index contributed by atoms with van der Waals surface area (Å²) in [6.07, 6.45) is 2.90. The molecule has 1 atom stereocenters. The van der Waals surface area contributed by atoms with E-state index in [-0.39, 0.29) is 18.2 Å². The average molecular weight is 230 g/mol. The molecule has 1 unspecified atom stereocenters. The lowest BCUT2D eigenvalue weighted by Gasteiger charge is -2.35. The van der Waals surface area contributed by atoms with Gasteiger partial charge in [-0.25, -0.2) is 0 Å². The summed E-state index contributed by atoms with van der Waals surface area (Å²) in [5.74, 6) is 0.0886. The van der Waals surface area contributed by atoms with E-state index >= 15 is 0 Å². The number of likely N-dealkylation sites (N-methyl/N-ethyl adjacent to an activating group) is 1. The Morgan fingerprint density at radius 1 is 1.44 bits per heavy atom. The third-order valence-corrected chi connectivity index (χ3v) is 3.07. The summed E-state index contributed by atoms with van der Waals surface area (Å²) in [6, 6.07) is -0.0356. The third kappa shape index (κ3) is 3.43. The van der Waals surface area contributed by atoms with Crippen LogP contribution >= 0.6 is 0 Å². The molecule has 1 saturated heterocycles. The molecule has 1 rings (SSSR count). The van der Waals surface area contributed by atoms with Gasteiger partial charge in [0.15, 0.2) is 6.29 Å². The quantitative estimate of drug-likeness (QED) is 0.686. The lowest BCUT2D eigenvalue weighted by Crippen LogP contribution is -2.51. The first kappa shape index (κ1) is 13.4. The summed E-state index contributed by atoms with van der Waals surface area (Å²) < 4.78 is 10.3. The Labute approximate surface area is 97.1 Å². The minimum Gasteiger partial charge on any atom is -0.358 e. The molecule has 5 nitrogen and oxygen atoms in total. The maximum Gasteiger partial charge on any atom is 0.237 e. The number of hydrogen-bond acceptors (Lipinski definition) is 4. The van der Waals surface area contributed by atoms with E-state index in [1.165, 1.54) is 0 Å². The van der Waals surface area contributed by atoms with Crippen molar-refractivity contribution < 1.29 is 14.3 Å². The molecular weight excluding hydrogens is 208 g/mol.